The third-order valence-electron chi connectivity index (χ3n) is 5.83. The Morgan fingerprint density at radius 1 is 1.17 bits per heavy atom. The van der Waals surface area contributed by atoms with Crippen molar-refractivity contribution in [3.8, 4) is 0 Å². The quantitative estimate of drug-likeness (QED) is 0.562. The molecule has 1 aromatic heterocycles. The fourth-order valence-corrected chi connectivity index (χ4v) is 5.63. The first-order chi connectivity index (χ1) is 13.1. The smallest absolute Gasteiger partial charge is 0.180 e. The fraction of sp³-hybridized carbons (Fsp3) is 0.550. The van der Waals surface area contributed by atoms with Crippen molar-refractivity contribution >= 4 is 70.2 Å². The van der Waals surface area contributed by atoms with Gasteiger partial charge in [0.15, 0.2) is 5.13 Å². The van der Waals surface area contributed by atoms with E-state index in [1.807, 2.05) is 12.1 Å². The lowest BCUT2D eigenvalue weighted by Gasteiger charge is -2.34. The number of halogens is 4. The van der Waals surface area contributed by atoms with E-state index in [0.717, 1.165) is 44.1 Å². The van der Waals surface area contributed by atoms with E-state index >= 15 is 0 Å². The maximum atomic E-state index is 6.37. The summed E-state index contributed by atoms with van der Waals surface area (Å²) < 4.78 is 0. The molecule has 1 fully saturated rings. The van der Waals surface area contributed by atoms with Gasteiger partial charge in [-0.1, -0.05) is 29.3 Å². The molecule has 0 radical (unpaired) electrons. The summed E-state index contributed by atoms with van der Waals surface area (Å²) in [7, 11) is 0. The van der Waals surface area contributed by atoms with Crippen LogP contribution in [0.2, 0.25) is 10.0 Å². The number of nitrogens with one attached hydrogen (secondary N) is 1. The molecule has 2 aromatic rings. The van der Waals surface area contributed by atoms with Gasteiger partial charge in [0.1, 0.15) is 0 Å². The van der Waals surface area contributed by atoms with Crippen LogP contribution in [0.5, 0.6) is 0 Å². The fourth-order valence-electron chi connectivity index (χ4n) is 4.26. The van der Waals surface area contributed by atoms with Crippen molar-refractivity contribution in [2.45, 2.75) is 44.6 Å². The van der Waals surface area contributed by atoms with Crippen LogP contribution in [0.15, 0.2) is 18.2 Å². The zero-order valence-corrected chi connectivity index (χ0v) is 20.2. The predicted octanol–water partition coefficient (Wildman–Crippen LogP) is 5.63. The molecule has 1 aliphatic heterocycles. The maximum absolute atomic E-state index is 6.37. The van der Waals surface area contributed by atoms with E-state index in [1.54, 1.807) is 11.3 Å². The van der Waals surface area contributed by atoms with E-state index in [0.29, 0.717) is 21.2 Å². The Hall–Kier alpha value is -0.430. The highest BCUT2D eigenvalue weighted by Gasteiger charge is 2.24. The number of fused-ring (bicyclic) bond motifs is 1. The molecule has 2 aliphatic rings. The van der Waals surface area contributed by atoms with E-state index in [4.69, 9.17) is 28.9 Å². The van der Waals surface area contributed by atoms with Crippen LogP contribution in [0.25, 0.3) is 0 Å². The lowest BCUT2D eigenvalue weighted by molar-refractivity contribution is 0.356. The van der Waals surface area contributed by atoms with Crippen molar-refractivity contribution in [1.82, 2.24) is 10.3 Å². The highest BCUT2D eigenvalue weighted by Crippen LogP contribution is 2.35. The lowest BCUT2D eigenvalue weighted by Crippen LogP contribution is -2.37. The Kier molecular flexibility index (Phi) is 9.65. The Bertz CT molecular complexity index is 793. The normalized spacial score (nSPS) is 19.2. The highest BCUT2D eigenvalue weighted by molar-refractivity contribution is 7.15. The molecule has 3 N–H and O–H groups in total. The summed E-state index contributed by atoms with van der Waals surface area (Å²) in [6, 6.07) is 6.47. The van der Waals surface area contributed by atoms with Gasteiger partial charge in [-0.15, -0.1) is 36.2 Å². The van der Waals surface area contributed by atoms with Gasteiger partial charge in [-0.05, 0) is 63.1 Å². The Labute approximate surface area is 199 Å². The lowest BCUT2D eigenvalue weighted by atomic mass is 9.92. The third kappa shape index (κ3) is 6.05. The van der Waals surface area contributed by atoms with Gasteiger partial charge in [0.2, 0.25) is 0 Å². The number of benzene rings is 1. The molecular weight excluding hydrogens is 470 g/mol. The molecule has 0 amide bonds. The molecule has 162 valence electrons. The molecule has 1 saturated heterocycles. The first kappa shape index (κ1) is 24.8. The highest BCUT2D eigenvalue weighted by atomic mass is 35.5. The van der Waals surface area contributed by atoms with Crippen LogP contribution in [0.1, 0.15) is 36.3 Å². The second-order valence-electron chi connectivity index (χ2n) is 7.61. The molecule has 0 bridgehead atoms. The molecule has 9 heteroatoms. The van der Waals surface area contributed by atoms with Gasteiger partial charge in [-0.2, -0.15) is 0 Å². The number of nitrogens with zero attached hydrogens (tertiary/aromatic N) is 2. The molecule has 0 spiro atoms. The average molecular weight is 498 g/mol. The van der Waals surface area contributed by atoms with Crippen LogP contribution in [0.3, 0.4) is 0 Å². The van der Waals surface area contributed by atoms with Crippen LogP contribution in [0.4, 0.5) is 10.8 Å². The molecular formula is C20H28Cl4N4S. The Balaban J connectivity index is 0.00000150. The summed E-state index contributed by atoms with van der Waals surface area (Å²) in [5.74, 6) is 0.782. The van der Waals surface area contributed by atoms with E-state index in [1.165, 1.54) is 36.3 Å². The zero-order valence-electron chi connectivity index (χ0n) is 16.2. The van der Waals surface area contributed by atoms with Gasteiger partial charge >= 0.3 is 0 Å². The molecule has 1 atom stereocenters. The minimum Gasteiger partial charge on any atom is -0.375 e. The number of hydrogen-bond acceptors (Lipinski definition) is 5. The van der Waals surface area contributed by atoms with E-state index in [-0.39, 0.29) is 24.8 Å². The van der Waals surface area contributed by atoms with Crippen LogP contribution >= 0.6 is 59.4 Å². The number of aromatic nitrogens is 1. The monoisotopic (exact) mass is 496 g/mol. The minimum atomic E-state index is 0. The molecule has 2 heterocycles. The van der Waals surface area contributed by atoms with Gasteiger partial charge in [-0.3, -0.25) is 0 Å². The Morgan fingerprint density at radius 2 is 1.93 bits per heavy atom. The van der Waals surface area contributed by atoms with Crippen LogP contribution in [-0.4, -0.2) is 30.7 Å². The molecule has 1 aromatic carbocycles. The van der Waals surface area contributed by atoms with Crippen molar-refractivity contribution in [3.63, 3.8) is 0 Å². The predicted molar refractivity (Wildman–Crippen MR) is 131 cm³/mol. The second-order valence-corrected chi connectivity index (χ2v) is 9.51. The number of anilines is 2. The SMILES string of the molecule is Cl.Cl.Nc1nc2c(s1)C[C@@H](NCCC1CCN(c3cccc(Cl)c3Cl)CC1)CC2. The number of hydrogen-bond donors (Lipinski definition) is 2. The first-order valence-electron chi connectivity index (χ1n) is 9.76. The van der Waals surface area contributed by atoms with Crippen molar-refractivity contribution in [3.05, 3.63) is 38.8 Å². The summed E-state index contributed by atoms with van der Waals surface area (Å²) in [5.41, 5.74) is 8.14. The van der Waals surface area contributed by atoms with Crippen LogP contribution in [-0.2, 0) is 12.8 Å². The number of nitrogen functional groups attached to an aromatic ring is 1. The van der Waals surface area contributed by atoms with Gasteiger partial charge in [0.05, 0.1) is 21.4 Å². The van der Waals surface area contributed by atoms with E-state index in [2.05, 4.69) is 21.3 Å². The number of piperidine rings is 1. The molecule has 4 rings (SSSR count). The van der Waals surface area contributed by atoms with Crippen molar-refractivity contribution in [1.29, 1.82) is 0 Å². The van der Waals surface area contributed by atoms with Gasteiger partial charge in [0.25, 0.3) is 0 Å². The van der Waals surface area contributed by atoms with Gasteiger partial charge in [0, 0.05) is 24.0 Å². The molecule has 1 aliphatic carbocycles. The topological polar surface area (TPSA) is 54.2 Å². The van der Waals surface area contributed by atoms with E-state index < -0.39 is 0 Å². The molecule has 29 heavy (non-hydrogen) atoms. The zero-order chi connectivity index (χ0) is 18.8. The van der Waals surface area contributed by atoms with Gasteiger partial charge in [-0.25, -0.2) is 4.98 Å². The van der Waals surface area contributed by atoms with Crippen LogP contribution in [0, 0.1) is 5.92 Å². The minimum absolute atomic E-state index is 0. The van der Waals surface area contributed by atoms with E-state index in [9.17, 15) is 0 Å². The summed E-state index contributed by atoms with van der Waals surface area (Å²) in [4.78, 5) is 8.18. The maximum Gasteiger partial charge on any atom is 0.180 e. The van der Waals surface area contributed by atoms with Crippen molar-refractivity contribution < 1.29 is 0 Å². The van der Waals surface area contributed by atoms with Crippen LogP contribution < -0.4 is 16.0 Å². The summed E-state index contributed by atoms with van der Waals surface area (Å²) in [6.45, 7) is 3.20. The summed E-state index contributed by atoms with van der Waals surface area (Å²) in [6.07, 6.45) is 6.97. The number of rotatable bonds is 5. The van der Waals surface area contributed by atoms with Crippen molar-refractivity contribution in [2.75, 3.05) is 30.3 Å². The standard InChI is InChI=1S/C20H26Cl2N4S.2ClH/c21-15-2-1-3-17(19(15)22)26-10-7-13(8-11-26)6-9-24-14-4-5-16-18(12-14)27-20(23)25-16;;/h1-3,13-14,24H,4-12H2,(H2,23,25);2*1H/t14-;;/m0../s1. The average Bonchev–Trinajstić information content (AvgIpc) is 3.04. The largest absolute Gasteiger partial charge is 0.375 e. The molecule has 0 unspecified atom stereocenters. The number of nitrogens with two attached hydrogens (primary N) is 1. The Morgan fingerprint density at radius 3 is 2.69 bits per heavy atom. The first-order valence-corrected chi connectivity index (χ1v) is 11.3. The molecule has 0 saturated carbocycles. The summed E-state index contributed by atoms with van der Waals surface area (Å²) in [5, 5.41) is 5.80. The van der Waals surface area contributed by atoms with Gasteiger partial charge < -0.3 is 16.0 Å². The summed E-state index contributed by atoms with van der Waals surface area (Å²) >= 11 is 14.2. The number of thiazole rings is 1. The molecule has 4 nitrogen and oxygen atoms in total. The van der Waals surface area contributed by atoms with Crippen molar-refractivity contribution in [2.24, 2.45) is 5.92 Å². The second kappa shape index (κ2) is 11.3. The number of aryl methyl sites for hydroxylation is 1. The third-order valence-corrected chi connectivity index (χ3v) is 7.59.